The van der Waals surface area contributed by atoms with E-state index in [9.17, 15) is 4.79 Å². The van der Waals surface area contributed by atoms with Gasteiger partial charge in [0, 0.05) is 11.9 Å². The highest BCUT2D eigenvalue weighted by molar-refractivity contribution is 5.77. The maximum absolute atomic E-state index is 11.8. The summed E-state index contributed by atoms with van der Waals surface area (Å²) < 4.78 is 4.91. The molecule has 2 N–H and O–H groups in total. The number of rotatable bonds is 3. The second kappa shape index (κ2) is 5.16. The Bertz CT molecular complexity index is 329. The number of nitrogens with one attached hydrogen (secondary N) is 2. The molecule has 4 heteroatoms. The highest BCUT2D eigenvalue weighted by Gasteiger charge is 2.32. The Morgan fingerprint density at radius 2 is 2.25 bits per heavy atom. The van der Waals surface area contributed by atoms with Crippen molar-refractivity contribution in [3.8, 4) is 0 Å². The first-order valence-corrected chi connectivity index (χ1v) is 5.74. The van der Waals surface area contributed by atoms with Gasteiger partial charge in [-0.3, -0.25) is 4.79 Å². The van der Waals surface area contributed by atoms with Gasteiger partial charge in [0.15, 0.2) is 0 Å². The van der Waals surface area contributed by atoms with E-state index in [0.29, 0.717) is 5.92 Å². The SMILES string of the molecule is COC(=O)C(c1ccc[nH]1)C1CCNCC1. The minimum Gasteiger partial charge on any atom is -0.468 e. The minimum atomic E-state index is -0.137. The van der Waals surface area contributed by atoms with Gasteiger partial charge in [-0.2, -0.15) is 0 Å². The van der Waals surface area contributed by atoms with Crippen LogP contribution in [0.15, 0.2) is 18.3 Å². The fourth-order valence-corrected chi connectivity index (χ4v) is 2.42. The van der Waals surface area contributed by atoms with Crippen molar-refractivity contribution in [1.82, 2.24) is 10.3 Å². The molecule has 1 aliphatic rings. The lowest BCUT2D eigenvalue weighted by molar-refractivity contribution is -0.144. The number of carbonyl (C=O) groups is 1. The van der Waals surface area contributed by atoms with Gasteiger partial charge in [-0.05, 0) is 44.0 Å². The van der Waals surface area contributed by atoms with Crippen LogP contribution in [0.3, 0.4) is 0 Å². The molecule has 0 spiro atoms. The summed E-state index contributed by atoms with van der Waals surface area (Å²) in [6, 6.07) is 3.88. The Labute approximate surface area is 95.4 Å². The second-order valence-corrected chi connectivity index (χ2v) is 4.21. The Hall–Kier alpha value is -1.29. The summed E-state index contributed by atoms with van der Waals surface area (Å²) in [7, 11) is 1.46. The van der Waals surface area contributed by atoms with Crippen LogP contribution in [0.5, 0.6) is 0 Å². The first kappa shape index (κ1) is 11.2. The van der Waals surface area contributed by atoms with E-state index in [2.05, 4.69) is 10.3 Å². The first-order chi connectivity index (χ1) is 7.83. The maximum Gasteiger partial charge on any atom is 0.314 e. The van der Waals surface area contributed by atoms with Gasteiger partial charge in [0.05, 0.1) is 13.0 Å². The molecule has 0 saturated carbocycles. The molecule has 0 aliphatic carbocycles. The lowest BCUT2D eigenvalue weighted by Crippen LogP contribution is -2.34. The molecule has 0 amide bonds. The van der Waals surface area contributed by atoms with Crippen molar-refractivity contribution < 1.29 is 9.53 Å². The van der Waals surface area contributed by atoms with Gasteiger partial charge in [0.2, 0.25) is 0 Å². The van der Waals surface area contributed by atoms with Gasteiger partial charge in [0.25, 0.3) is 0 Å². The van der Waals surface area contributed by atoms with Crippen LogP contribution in [0.1, 0.15) is 24.5 Å². The zero-order valence-electron chi connectivity index (χ0n) is 9.53. The Kier molecular flexibility index (Phi) is 3.62. The quantitative estimate of drug-likeness (QED) is 0.757. The van der Waals surface area contributed by atoms with Crippen LogP contribution >= 0.6 is 0 Å². The van der Waals surface area contributed by atoms with E-state index in [-0.39, 0.29) is 11.9 Å². The second-order valence-electron chi connectivity index (χ2n) is 4.21. The molecular weight excluding hydrogens is 204 g/mol. The Morgan fingerprint density at radius 3 is 2.81 bits per heavy atom. The fraction of sp³-hybridized carbons (Fsp3) is 0.583. The van der Waals surface area contributed by atoms with E-state index in [1.807, 2.05) is 18.3 Å². The van der Waals surface area contributed by atoms with E-state index in [4.69, 9.17) is 4.74 Å². The first-order valence-electron chi connectivity index (χ1n) is 5.74. The molecule has 88 valence electrons. The number of H-pyrrole nitrogens is 1. The molecule has 2 heterocycles. The fourth-order valence-electron chi connectivity index (χ4n) is 2.42. The summed E-state index contributed by atoms with van der Waals surface area (Å²) in [5.41, 5.74) is 0.971. The van der Waals surface area contributed by atoms with Crippen molar-refractivity contribution in [2.45, 2.75) is 18.8 Å². The lowest BCUT2D eigenvalue weighted by atomic mass is 9.83. The predicted octanol–water partition coefficient (Wildman–Crippen LogP) is 1.27. The van der Waals surface area contributed by atoms with Crippen molar-refractivity contribution in [1.29, 1.82) is 0 Å². The molecular formula is C12H18N2O2. The molecule has 1 saturated heterocycles. The molecule has 2 rings (SSSR count). The van der Waals surface area contributed by atoms with E-state index >= 15 is 0 Å². The maximum atomic E-state index is 11.8. The van der Waals surface area contributed by atoms with E-state index in [1.54, 1.807) is 0 Å². The third kappa shape index (κ3) is 2.27. The van der Waals surface area contributed by atoms with Crippen LogP contribution < -0.4 is 5.32 Å². The number of hydrogen-bond donors (Lipinski definition) is 2. The summed E-state index contributed by atoms with van der Waals surface area (Å²) in [5.74, 6) is 0.115. The van der Waals surface area contributed by atoms with Crippen molar-refractivity contribution >= 4 is 5.97 Å². The van der Waals surface area contributed by atoms with E-state index in [0.717, 1.165) is 31.6 Å². The standard InChI is InChI=1S/C12H18N2O2/c1-16-12(15)11(10-3-2-6-14-10)9-4-7-13-8-5-9/h2-3,6,9,11,13-14H,4-5,7-8H2,1H3. The molecule has 0 aromatic carbocycles. The lowest BCUT2D eigenvalue weighted by Gasteiger charge is -2.28. The minimum absolute atomic E-state index is 0.130. The van der Waals surface area contributed by atoms with Crippen molar-refractivity contribution in [2.75, 3.05) is 20.2 Å². The average molecular weight is 222 g/mol. The third-order valence-electron chi connectivity index (χ3n) is 3.27. The van der Waals surface area contributed by atoms with Gasteiger partial charge in [-0.1, -0.05) is 0 Å². The number of methoxy groups -OCH3 is 1. The summed E-state index contributed by atoms with van der Waals surface area (Å²) in [5, 5.41) is 3.31. The summed E-state index contributed by atoms with van der Waals surface area (Å²) in [6.45, 7) is 1.97. The van der Waals surface area contributed by atoms with Crippen molar-refractivity contribution in [3.05, 3.63) is 24.0 Å². The molecule has 1 fully saturated rings. The summed E-state index contributed by atoms with van der Waals surface area (Å²) in [6.07, 6.45) is 3.91. The highest BCUT2D eigenvalue weighted by atomic mass is 16.5. The third-order valence-corrected chi connectivity index (χ3v) is 3.27. The smallest absolute Gasteiger partial charge is 0.314 e. The summed E-state index contributed by atoms with van der Waals surface area (Å²) >= 11 is 0. The topological polar surface area (TPSA) is 54.1 Å². The highest BCUT2D eigenvalue weighted by Crippen LogP contribution is 2.31. The molecule has 16 heavy (non-hydrogen) atoms. The predicted molar refractivity (Wildman–Crippen MR) is 61.1 cm³/mol. The molecule has 1 unspecified atom stereocenters. The molecule has 1 atom stereocenters. The molecule has 4 nitrogen and oxygen atoms in total. The van der Waals surface area contributed by atoms with Crippen LogP contribution in [0.25, 0.3) is 0 Å². The number of piperidine rings is 1. The van der Waals surface area contributed by atoms with Crippen LogP contribution in [-0.4, -0.2) is 31.2 Å². The summed E-state index contributed by atoms with van der Waals surface area (Å²) in [4.78, 5) is 15.0. The van der Waals surface area contributed by atoms with Gasteiger partial charge in [-0.15, -0.1) is 0 Å². The average Bonchev–Trinajstić information content (AvgIpc) is 2.84. The normalized spacial score (nSPS) is 19.3. The largest absolute Gasteiger partial charge is 0.468 e. The van der Waals surface area contributed by atoms with Gasteiger partial charge >= 0.3 is 5.97 Å². The van der Waals surface area contributed by atoms with E-state index in [1.165, 1.54) is 7.11 Å². The van der Waals surface area contributed by atoms with Gasteiger partial charge in [0.1, 0.15) is 0 Å². The number of aromatic amines is 1. The van der Waals surface area contributed by atoms with Crippen LogP contribution in [0.4, 0.5) is 0 Å². The molecule has 1 aromatic heterocycles. The molecule has 1 aromatic rings. The van der Waals surface area contributed by atoms with Crippen LogP contribution in [-0.2, 0) is 9.53 Å². The zero-order chi connectivity index (χ0) is 11.4. The number of hydrogen-bond acceptors (Lipinski definition) is 3. The van der Waals surface area contributed by atoms with Gasteiger partial charge < -0.3 is 15.0 Å². The number of ether oxygens (including phenoxy) is 1. The molecule has 1 aliphatic heterocycles. The number of esters is 1. The Balaban J connectivity index is 2.17. The number of carbonyl (C=O) groups excluding carboxylic acids is 1. The van der Waals surface area contributed by atoms with Gasteiger partial charge in [-0.25, -0.2) is 0 Å². The monoisotopic (exact) mass is 222 g/mol. The number of aromatic nitrogens is 1. The Morgan fingerprint density at radius 1 is 1.50 bits per heavy atom. The van der Waals surface area contributed by atoms with Crippen molar-refractivity contribution in [2.24, 2.45) is 5.92 Å². The van der Waals surface area contributed by atoms with Crippen molar-refractivity contribution in [3.63, 3.8) is 0 Å². The molecule has 0 bridgehead atoms. The van der Waals surface area contributed by atoms with Crippen LogP contribution in [0.2, 0.25) is 0 Å². The molecule has 0 radical (unpaired) electrons. The van der Waals surface area contributed by atoms with E-state index < -0.39 is 0 Å². The van der Waals surface area contributed by atoms with Crippen LogP contribution in [0, 0.1) is 5.92 Å². The zero-order valence-corrected chi connectivity index (χ0v) is 9.53.